The summed E-state index contributed by atoms with van der Waals surface area (Å²) in [6, 6.07) is 4.75. The molecule has 11 nitrogen and oxygen atoms in total. The highest BCUT2D eigenvalue weighted by atomic mass is 35.5. The number of H-pyrrole nitrogens is 1. The van der Waals surface area contributed by atoms with Crippen molar-refractivity contribution in [1.29, 1.82) is 0 Å². The molecule has 0 aliphatic rings. The maximum Gasteiger partial charge on any atom is 0.502 e. The SMILES string of the molecule is CCOC(=O)C(F)(F)Oc1c(OC)nc(N(c2c[nH]c3cc(Cl)ccc23)S(=O)O)nc1OC. The third-order valence-electron chi connectivity index (χ3n) is 4.10. The molecule has 0 aliphatic heterocycles. The van der Waals surface area contributed by atoms with E-state index in [0.717, 1.165) is 18.5 Å². The summed E-state index contributed by atoms with van der Waals surface area (Å²) >= 11 is 3.25. The van der Waals surface area contributed by atoms with E-state index in [0.29, 0.717) is 15.9 Å². The second-order valence-corrected chi connectivity index (χ2v) is 7.36. The van der Waals surface area contributed by atoms with E-state index >= 15 is 0 Å². The Morgan fingerprint density at radius 2 is 1.91 bits per heavy atom. The molecule has 0 amide bonds. The van der Waals surface area contributed by atoms with E-state index in [1.807, 2.05) is 0 Å². The molecule has 1 aromatic carbocycles. The van der Waals surface area contributed by atoms with Gasteiger partial charge in [0.1, 0.15) is 0 Å². The maximum absolute atomic E-state index is 14.2. The Morgan fingerprint density at radius 1 is 1.27 bits per heavy atom. The molecule has 2 aromatic heterocycles. The molecule has 0 saturated heterocycles. The molecule has 33 heavy (non-hydrogen) atoms. The Bertz CT molecular complexity index is 1180. The van der Waals surface area contributed by atoms with Crippen LogP contribution < -0.4 is 18.5 Å². The van der Waals surface area contributed by atoms with Crippen LogP contribution in [0.15, 0.2) is 24.4 Å². The number of anilines is 2. The van der Waals surface area contributed by atoms with Crippen molar-refractivity contribution < 1.29 is 41.3 Å². The summed E-state index contributed by atoms with van der Waals surface area (Å²) < 4.78 is 70.0. The van der Waals surface area contributed by atoms with E-state index in [2.05, 4.69) is 24.4 Å². The van der Waals surface area contributed by atoms with Crippen LogP contribution in [0.5, 0.6) is 17.5 Å². The predicted molar refractivity (Wildman–Crippen MR) is 114 cm³/mol. The number of rotatable bonds is 9. The van der Waals surface area contributed by atoms with E-state index in [4.69, 9.17) is 21.1 Å². The second-order valence-electron chi connectivity index (χ2n) is 6.10. The van der Waals surface area contributed by atoms with Gasteiger partial charge in [-0.2, -0.15) is 18.7 Å². The molecule has 2 N–H and O–H groups in total. The lowest BCUT2D eigenvalue weighted by Crippen LogP contribution is -2.37. The van der Waals surface area contributed by atoms with Crippen molar-refractivity contribution in [2.75, 3.05) is 25.1 Å². The van der Waals surface area contributed by atoms with Gasteiger partial charge in [0.15, 0.2) is 0 Å². The number of nitrogens with one attached hydrogen (secondary N) is 1. The van der Waals surface area contributed by atoms with Gasteiger partial charge >= 0.3 is 12.1 Å². The number of alkyl halides is 2. The minimum absolute atomic E-state index is 0.164. The first-order valence-electron chi connectivity index (χ1n) is 9.04. The number of aromatic nitrogens is 3. The number of ether oxygens (including phenoxy) is 4. The number of esters is 1. The minimum Gasteiger partial charge on any atom is -0.478 e. The fourth-order valence-corrected chi connectivity index (χ4v) is 3.47. The topological polar surface area (TPSA) is 136 Å². The molecule has 3 aromatic rings. The normalized spacial score (nSPS) is 12.3. The summed E-state index contributed by atoms with van der Waals surface area (Å²) in [5.41, 5.74) is 0.707. The number of fused-ring (bicyclic) bond motifs is 1. The summed E-state index contributed by atoms with van der Waals surface area (Å²) in [7, 11) is 2.16. The third kappa shape index (κ3) is 4.91. The minimum atomic E-state index is -4.42. The van der Waals surface area contributed by atoms with E-state index in [-0.39, 0.29) is 12.3 Å². The molecule has 0 bridgehead atoms. The Balaban J connectivity index is 2.12. The number of nitrogens with zero attached hydrogens (tertiary/aromatic N) is 3. The van der Waals surface area contributed by atoms with Crippen molar-refractivity contribution in [2.24, 2.45) is 0 Å². The highest BCUT2D eigenvalue weighted by molar-refractivity contribution is 7.81. The van der Waals surface area contributed by atoms with Gasteiger partial charge in [0, 0.05) is 22.1 Å². The fraction of sp³-hybridized carbons (Fsp3) is 0.278. The van der Waals surface area contributed by atoms with Crippen LogP contribution in [-0.4, -0.2) is 56.6 Å². The van der Waals surface area contributed by atoms with E-state index < -0.39 is 46.8 Å². The number of carbonyl (C=O) groups is 1. The Labute approximate surface area is 193 Å². The highest BCUT2D eigenvalue weighted by Gasteiger charge is 2.46. The first-order chi connectivity index (χ1) is 15.6. The van der Waals surface area contributed by atoms with Gasteiger partial charge in [0.05, 0.1) is 26.5 Å². The average molecular weight is 507 g/mol. The van der Waals surface area contributed by atoms with E-state index in [1.165, 1.54) is 13.1 Å². The molecule has 1 atom stereocenters. The van der Waals surface area contributed by atoms with Gasteiger partial charge in [0.2, 0.25) is 0 Å². The highest BCUT2D eigenvalue weighted by Crippen LogP contribution is 2.41. The first kappa shape index (κ1) is 24.4. The van der Waals surface area contributed by atoms with Crippen LogP contribution in [0.2, 0.25) is 5.02 Å². The molecule has 1 unspecified atom stereocenters. The molecule has 0 aliphatic carbocycles. The molecule has 0 spiro atoms. The lowest BCUT2D eigenvalue weighted by atomic mass is 10.2. The van der Waals surface area contributed by atoms with Crippen molar-refractivity contribution in [3.8, 4) is 17.5 Å². The zero-order chi connectivity index (χ0) is 24.3. The smallest absolute Gasteiger partial charge is 0.478 e. The van der Waals surface area contributed by atoms with Crippen LogP contribution in [0.25, 0.3) is 10.9 Å². The number of benzene rings is 1. The summed E-state index contributed by atoms with van der Waals surface area (Å²) in [5, 5.41) is 0.911. The molecular formula is C18H17ClF2N4O7S. The molecule has 15 heteroatoms. The lowest BCUT2D eigenvalue weighted by Gasteiger charge is -2.21. The van der Waals surface area contributed by atoms with Crippen molar-refractivity contribution in [3.63, 3.8) is 0 Å². The maximum atomic E-state index is 14.2. The summed E-state index contributed by atoms with van der Waals surface area (Å²) in [4.78, 5) is 22.2. The van der Waals surface area contributed by atoms with Crippen LogP contribution in [0.4, 0.5) is 20.4 Å². The Morgan fingerprint density at radius 3 is 2.45 bits per heavy atom. The van der Waals surface area contributed by atoms with Gasteiger partial charge < -0.3 is 23.9 Å². The van der Waals surface area contributed by atoms with Crippen LogP contribution in [0.3, 0.4) is 0 Å². The molecular weight excluding hydrogens is 490 g/mol. The van der Waals surface area contributed by atoms with E-state index in [9.17, 15) is 22.3 Å². The number of hydrogen-bond acceptors (Lipinski definition) is 8. The standard InChI is InChI=1S/C18H17ClF2N4O7S/c1-4-31-16(26)18(20,21)32-13-14(29-2)23-17(24-15(13)30-3)25(33(27)28)12-8-22-11-7-9(19)5-6-10(11)12/h5-8,22H,4H2,1-3H3,(H,27,28). The van der Waals surface area contributed by atoms with Crippen LogP contribution in [0, 0.1) is 0 Å². The molecule has 178 valence electrons. The predicted octanol–water partition coefficient (Wildman–Crippen LogP) is 3.44. The van der Waals surface area contributed by atoms with Gasteiger partial charge in [-0.25, -0.2) is 13.3 Å². The number of hydrogen-bond donors (Lipinski definition) is 2. The Kier molecular flexibility index (Phi) is 7.19. The molecule has 2 heterocycles. The number of methoxy groups -OCH3 is 2. The quantitative estimate of drug-likeness (QED) is 0.330. The van der Waals surface area contributed by atoms with Crippen LogP contribution >= 0.6 is 11.6 Å². The zero-order valence-electron chi connectivity index (χ0n) is 17.3. The third-order valence-corrected chi connectivity index (χ3v) is 5.01. The lowest BCUT2D eigenvalue weighted by molar-refractivity contribution is -0.217. The first-order valence-corrected chi connectivity index (χ1v) is 10.5. The van der Waals surface area contributed by atoms with Gasteiger partial charge in [-0.05, 0) is 25.1 Å². The van der Waals surface area contributed by atoms with Crippen molar-refractivity contribution in [2.45, 2.75) is 13.0 Å². The summed E-state index contributed by atoms with van der Waals surface area (Å²) in [6.45, 7) is 1.03. The molecule has 0 radical (unpaired) electrons. The van der Waals surface area contributed by atoms with Crippen molar-refractivity contribution in [3.05, 3.63) is 29.4 Å². The van der Waals surface area contributed by atoms with Crippen molar-refractivity contribution in [1.82, 2.24) is 15.0 Å². The number of aromatic amines is 1. The molecule has 0 fully saturated rings. The summed E-state index contributed by atoms with van der Waals surface area (Å²) in [6.07, 6.45) is -3.02. The number of halogens is 3. The van der Waals surface area contributed by atoms with Gasteiger partial charge in [0.25, 0.3) is 34.7 Å². The van der Waals surface area contributed by atoms with Crippen LogP contribution in [0.1, 0.15) is 6.92 Å². The zero-order valence-corrected chi connectivity index (χ0v) is 18.9. The van der Waals surface area contributed by atoms with Gasteiger partial charge in [-0.15, -0.1) is 0 Å². The second kappa shape index (κ2) is 9.72. The van der Waals surface area contributed by atoms with Gasteiger partial charge in [-0.3, -0.25) is 4.55 Å². The van der Waals surface area contributed by atoms with E-state index in [1.54, 1.807) is 18.2 Å². The molecule has 3 rings (SSSR count). The Hall–Kier alpha value is -3.23. The van der Waals surface area contributed by atoms with Gasteiger partial charge in [-0.1, -0.05) is 11.6 Å². The average Bonchev–Trinajstić information content (AvgIpc) is 3.16. The molecule has 0 saturated carbocycles. The van der Waals surface area contributed by atoms with Crippen molar-refractivity contribution >= 4 is 51.4 Å². The number of carbonyl (C=O) groups excluding carboxylic acids is 1. The summed E-state index contributed by atoms with van der Waals surface area (Å²) in [5.74, 6) is -4.42. The fourth-order valence-electron chi connectivity index (χ4n) is 2.75. The van der Waals surface area contributed by atoms with Crippen LogP contribution in [-0.2, 0) is 20.8 Å². The largest absolute Gasteiger partial charge is 0.502 e. The monoisotopic (exact) mass is 506 g/mol.